The SMILES string of the molecule is Cc1cc(C(C)(C)C)cc(O)c1Cc1c(C)cc(C(C)(C)C)cc1O. The highest BCUT2D eigenvalue weighted by Crippen LogP contribution is 2.36. The molecule has 0 aliphatic rings. The first-order valence-electron chi connectivity index (χ1n) is 8.96. The molecule has 0 amide bonds. The van der Waals surface area contributed by atoms with Crippen LogP contribution in [0.4, 0.5) is 0 Å². The summed E-state index contributed by atoms with van der Waals surface area (Å²) in [6.45, 7) is 16.9. The third-order valence-corrected chi connectivity index (χ3v) is 4.98. The summed E-state index contributed by atoms with van der Waals surface area (Å²) in [5.74, 6) is 0.618. The van der Waals surface area contributed by atoms with Gasteiger partial charge in [-0.05, 0) is 59.1 Å². The quantitative estimate of drug-likeness (QED) is 0.714. The summed E-state index contributed by atoms with van der Waals surface area (Å²) in [6.07, 6.45) is 0.532. The summed E-state index contributed by atoms with van der Waals surface area (Å²) in [5, 5.41) is 21.2. The number of hydrogen-bond donors (Lipinski definition) is 2. The minimum Gasteiger partial charge on any atom is -0.508 e. The summed E-state index contributed by atoms with van der Waals surface area (Å²) in [7, 11) is 0. The van der Waals surface area contributed by atoms with E-state index in [-0.39, 0.29) is 10.8 Å². The van der Waals surface area contributed by atoms with Crippen molar-refractivity contribution in [2.45, 2.75) is 72.6 Å². The highest BCUT2D eigenvalue weighted by molar-refractivity contribution is 5.52. The van der Waals surface area contributed by atoms with Crippen molar-refractivity contribution < 1.29 is 10.2 Å². The Morgan fingerprint density at radius 2 is 0.960 bits per heavy atom. The van der Waals surface area contributed by atoms with Crippen LogP contribution in [0.15, 0.2) is 24.3 Å². The van der Waals surface area contributed by atoms with E-state index in [1.54, 1.807) is 0 Å². The van der Waals surface area contributed by atoms with Crippen LogP contribution in [0.1, 0.15) is 74.9 Å². The standard InChI is InChI=1S/C23H32O2/c1-14-9-16(22(3,4)5)11-20(24)18(14)13-19-15(2)10-17(12-21(19)25)23(6,7)8/h9-12,24-25H,13H2,1-8H3. The summed E-state index contributed by atoms with van der Waals surface area (Å²) >= 11 is 0. The number of rotatable bonds is 2. The van der Waals surface area contributed by atoms with E-state index in [1.807, 2.05) is 26.0 Å². The van der Waals surface area contributed by atoms with Gasteiger partial charge in [0.25, 0.3) is 0 Å². The molecule has 0 aliphatic heterocycles. The number of benzene rings is 2. The van der Waals surface area contributed by atoms with Crippen LogP contribution in [0.2, 0.25) is 0 Å². The molecule has 0 unspecified atom stereocenters. The van der Waals surface area contributed by atoms with Gasteiger partial charge in [-0.2, -0.15) is 0 Å². The number of aryl methyl sites for hydroxylation is 2. The molecule has 2 nitrogen and oxygen atoms in total. The molecule has 0 atom stereocenters. The largest absolute Gasteiger partial charge is 0.508 e. The Morgan fingerprint density at radius 3 is 1.20 bits per heavy atom. The Labute approximate surface area is 152 Å². The van der Waals surface area contributed by atoms with E-state index in [4.69, 9.17) is 0 Å². The van der Waals surface area contributed by atoms with Crippen LogP contribution in [0.25, 0.3) is 0 Å². The van der Waals surface area contributed by atoms with Crippen molar-refractivity contribution in [3.63, 3.8) is 0 Å². The number of aromatic hydroxyl groups is 2. The molecule has 0 fully saturated rings. The van der Waals surface area contributed by atoms with Crippen LogP contribution in [-0.4, -0.2) is 10.2 Å². The number of phenolic OH excluding ortho intramolecular Hbond substituents is 2. The third-order valence-electron chi connectivity index (χ3n) is 4.98. The van der Waals surface area contributed by atoms with Crippen molar-refractivity contribution in [3.05, 3.63) is 57.6 Å². The first-order valence-corrected chi connectivity index (χ1v) is 8.96. The summed E-state index contributed by atoms with van der Waals surface area (Å²) in [5.41, 5.74) is 6.11. The van der Waals surface area contributed by atoms with E-state index >= 15 is 0 Å². The minimum atomic E-state index is -0.00676. The molecule has 0 spiro atoms. The number of hydrogen-bond acceptors (Lipinski definition) is 2. The van der Waals surface area contributed by atoms with Crippen LogP contribution in [-0.2, 0) is 17.3 Å². The maximum atomic E-state index is 10.6. The molecule has 2 aromatic carbocycles. The Hall–Kier alpha value is -1.96. The normalized spacial score (nSPS) is 12.5. The Kier molecular flexibility index (Phi) is 4.96. The van der Waals surface area contributed by atoms with Gasteiger partial charge in [-0.3, -0.25) is 0 Å². The lowest BCUT2D eigenvalue weighted by atomic mass is 9.82. The molecule has 2 N–H and O–H groups in total. The van der Waals surface area contributed by atoms with Crippen LogP contribution >= 0.6 is 0 Å². The minimum absolute atomic E-state index is 0.00676. The molecule has 0 radical (unpaired) electrons. The Balaban J connectivity index is 2.48. The summed E-state index contributed by atoms with van der Waals surface area (Å²) in [4.78, 5) is 0. The lowest BCUT2D eigenvalue weighted by Gasteiger charge is -2.23. The Morgan fingerprint density at radius 1 is 0.640 bits per heavy atom. The average Bonchev–Trinajstić information content (AvgIpc) is 2.42. The molecule has 2 heteroatoms. The van der Waals surface area contributed by atoms with E-state index in [9.17, 15) is 10.2 Å². The maximum absolute atomic E-state index is 10.6. The monoisotopic (exact) mass is 340 g/mol. The van der Waals surface area contributed by atoms with Crippen molar-refractivity contribution in [2.75, 3.05) is 0 Å². The van der Waals surface area contributed by atoms with E-state index in [0.29, 0.717) is 17.9 Å². The molecule has 2 aromatic rings. The smallest absolute Gasteiger partial charge is 0.119 e. The Bertz CT molecular complexity index is 673. The van der Waals surface area contributed by atoms with Gasteiger partial charge in [0.05, 0.1) is 0 Å². The lowest BCUT2D eigenvalue weighted by Crippen LogP contribution is -2.13. The van der Waals surface area contributed by atoms with Gasteiger partial charge in [-0.15, -0.1) is 0 Å². The van der Waals surface area contributed by atoms with Gasteiger partial charge in [0.1, 0.15) is 11.5 Å². The third kappa shape index (κ3) is 4.18. The molecule has 0 heterocycles. The molecular weight excluding hydrogens is 308 g/mol. The first-order chi connectivity index (χ1) is 11.3. The van der Waals surface area contributed by atoms with Crippen LogP contribution in [0.3, 0.4) is 0 Å². The highest BCUT2D eigenvalue weighted by atomic mass is 16.3. The van der Waals surface area contributed by atoms with Gasteiger partial charge < -0.3 is 10.2 Å². The fourth-order valence-electron chi connectivity index (χ4n) is 3.10. The van der Waals surface area contributed by atoms with Gasteiger partial charge in [-0.1, -0.05) is 53.7 Å². The fourth-order valence-corrected chi connectivity index (χ4v) is 3.10. The van der Waals surface area contributed by atoms with Gasteiger partial charge in [0, 0.05) is 17.5 Å². The van der Waals surface area contributed by atoms with E-state index in [0.717, 1.165) is 33.4 Å². The molecule has 0 bridgehead atoms. The predicted octanol–water partition coefficient (Wildman–Crippen LogP) is 5.90. The zero-order valence-electron chi connectivity index (χ0n) is 16.9. The lowest BCUT2D eigenvalue weighted by molar-refractivity contribution is 0.457. The molecule has 2 rings (SSSR count). The van der Waals surface area contributed by atoms with Gasteiger partial charge in [0.15, 0.2) is 0 Å². The number of phenols is 2. The maximum Gasteiger partial charge on any atom is 0.119 e. The van der Waals surface area contributed by atoms with Crippen LogP contribution in [0, 0.1) is 13.8 Å². The second kappa shape index (κ2) is 6.40. The van der Waals surface area contributed by atoms with Gasteiger partial charge in [0.2, 0.25) is 0 Å². The summed E-state index contributed by atoms with van der Waals surface area (Å²) in [6, 6.07) is 8.01. The van der Waals surface area contributed by atoms with Crippen molar-refractivity contribution >= 4 is 0 Å². The zero-order chi connectivity index (χ0) is 19.2. The molecule has 25 heavy (non-hydrogen) atoms. The van der Waals surface area contributed by atoms with E-state index in [2.05, 4.69) is 53.7 Å². The van der Waals surface area contributed by atoms with Crippen molar-refractivity contribution in [2.24, 2.45) is 0 Å². The van der Waals surface area contributed by atoms with Crippen LogP contribution in [0.5, 0.6) is 11.5 Å². The second-order valence-electron chi connectivity index (χ2n) is 9.26. The van der Waals surface area contributed by atoms with E-state index < -0.39 is 0 Å². The topological polar surface area (TPSA) is 40.5 Å². The molecule has 0 aliphatic carbocycles. The van der Waals surface area contributed by atoms with Crippen molar-refractivity contribution in [3.8, 4) is 11.5 Å². The summed E-state index contributed by atoms with van der Waals surface area (Å²) < 4.78 is 0. The van der Waals surface area contributed by atoms with Crippen molar-refractivity contribution in [1.29, 1.82) is 0 Å². The van der Waals surface area contributed by atoms with Crippen molar-refractivity contribution in [1.82, 2.24) is 0 Å². The molecule has 136 valence electrons. The first kappa shape index (κ1) is 19.4. The predicted molar refractivity (Wildman–Crippen MR) is 106 cm³/mol. The molecule has 0 saturated carbocycles. The zero-order valence-corrected chi connectivity index (χ0v) is 16.9. The fraction of sp³-hybridized carbons (Fsp3) is 0.478. The van der Waals surface area contributed by atoms with Gasteiger partial charge in [-0.25, -0.2) is 0 Å². The second-order valence-corrected chi connectivity index (χ2v) is 9.26. The molecular formula is C23H32O2. The van der Waals surface area contributed by atoms with Gasteiger partial charge >= 0.3 is 0 Å². The molecule has 0 aromatic heterocycles. The van der Waals surface area contributed by atoms with Crippen LogP contribution < -0.4 is 0 Å². The molecule has 0 saturated heterocycles. The average molecular weight is 341 g/mol. The van der Waals surface area contributed by atoms with E-state index in [1.165, 1.54) is 0 Å². The highest BCUT2D eigenvalue weighted by Gasteiger charge is 2.21.